The van der Waals surface area contributed by atoms with E-state index in [1.807, 2.05) is 0 Å². The quantitative estimate of drug-likeness (QED) is 0.823. The van der Waals surface area contributed by atoms with Crippen molar-refractivity contribution in [1.82, 2.24) is 10.3 Å². The summed E-state index contributed by atoms with van der Waals surface area (Å²) in [5.74, 6) is -0.188. The average Bonchev–Trinajstić information content (AvgIpc) is 2.84. The Morgan fingerprint density at radius 3 is 3.12 bits per heavy atom. The molecule has 0 bridgehead atoms. The number of aromatic nitrogens is 1. The molecule has 1 atom stereocenters. The SMILES string of the molecule is CC1(c2nc3ccc(F)cc3s2)CCCN1. The summed E-state index contributed by atoms with van der Waals surface area (Å²) in [5.41, 5.74) is 0.886. The van der Waals surface area contributed by atoms with Crippen molar-refractivity contribution in [3.05, 3.63) is 29.0 Å². The molecule has 1 saturated heterocycles. The molecule has 3 rings (SSSR count). The first-order valence-electron chi connectivity index (χ1n) is 5.49. The third-order valence-electron chi connectivity index (χ3n) is 3.19. The maximum atomic E-state index is 13.1. The van der Waals surface area contributed by atoms with Crippen LogP contribution in [0.15, 0.2) is 18.2 Å². The zero-order chi connectivity index (χ0) is 11.2. The molecule has 1 aromatic carbocycles. The third kappa shape index (κ3) is 1.53. The second-order valence-corrected chi connectivity index (χ2v) is 5.52. The number of hydrogen-bond donors (Lipinski definition) is 1. The predicted molar refractivity (Wildman–Crippen MR) is 64.2 cm³/mol. The van der Waals surface area contributed by atoms with Crippen molar-refractivity contribution in [2.24, 2.45) is 0 Å². The van der Waals surface area contributed by atoms with Crippen LogP contribution in [0.3, 0.4) is 0 Å². The molecule has 1 aliphatic heterocycles. The summed E-state index contributed by atoms with van der Waals surface area (Å²) in [7, 11) is 0. The lowest BCUT2D eigenvalue weighted by Gasteiger charge is -2.20. The van der Waals surface area contributed by atoms with Gasteiger partial charge in [-0.05, 0) is 44.5 Å². The minimum Gasteiger partial charge on any atom is -0.306 e. The summed E-state index contributed by atoms with van der Waals surface area (Å²) >= 11 is 1.59. The second kappa shape index (κ2) is 3.50. The van der Waals surface area contributed by atoms with Crippen molar-refractivity contribution in [2.45, 2.75) is 25.3 Å². The van der Waals surface area contributed by atoms with Crippen LogP contribution < -0.4 is 5.32 Å². The maximum Gasteiger partial charge on any atom is 0.124 e. The number of nitrogens with one attached hydrogen (secondary N) is 1. The Labute approximate surface area is 97.5 Å². The lowest BCUT2D eigenvalue weighted by Crippen LogP contribution is -2.32. The van der Waals surface area contributed by atoms with E-state index in [0.717, 1.165) is 28.2 Å². The number of rotatable bonds is 1. The summed E-state index contributed by atoms with van der Waals surface area (Å²) < 4.78 is 14.0. The van der Waals surface area contributed by atoms with E-state index in [-0.39, 0.29) is 11.4 Å². The fourth-order valence-electron chi connectivity index (χ4n) is 2.21. The Bertz CT molecular complexity index is 529. The van der Waals surface area contributed by atoms with E-state index in [1.165, 1.54) is 12.5 Å². The van der Waals surface area contributed by atoms with E-state index in [0.29, 0.717) is 0 Å². The van der Waals surface area contributed by atoms with Gasteiger partial charge in [-0.15, -0.1) is 11.3 Å². The molecule has 1 N–H and O–H groups in total. The van der Waals surface area contributed by atoms with Crippen LogP contribution in [0, 0.1) is 5.82 Å². The first kappa shape index (κ1) is 10.2. The lowest BCUT2D eigenvalue weighted by molar-refractivity contribution is 0.433. The molecule has 2 heterocycles. The number of thiazole rings is 1. The van der Waals surface area contributed by atoms with Crippen LogP contribution >= 0.6 is 11.3 Å². The monoisotopic (exact) mass is 236 g/mol. The van der Waals surface area contributed by atoms with Crippen molar-refractivity contribution >= 4 is 21.6 Å². The normalized spacial score (nSPS) is 25.4. The van der Waals surface area contributed by atoms with Crippen molar-refractivity contribution in [3.63, 3.8) is 0 Å². The van der Waals surface area contributed by atoms with Gasteiger partial charge in [0, 0.05) is 0 Å². The topological polar surface area (TPSA) is 24.9 Å². The van der Waals surface area contributed by atoms with Gasteiger partial charge in [-0.1, -0.05) is 0 Å². The zero-order valence-corrected chi connectivity index (χ0v) is 9.90. The molecule has 0 saturated carbocycles. The molecule has 1 fully saturated rings. The first-order chi connectivity index (χ1) is 7.67. The summed E-state index contributed by atoms with van der Waals surface area (Å²) in [6.07, 6.45) is 2.29. The molecule has 0 aliphatic carbocycles. The maximum absolute atomic E-state index is 13.1. The van der Waals surface area contributed by atoms with Gasteiger partial charge >= 0.3 is 0 Å². The summed E-state index contributed by atoms with van der Waals surface area (Å²) in [5, 5.41) is 4.55. The number of hydrogen-bond acceptors (Lipinski definition) is 3. The Morgan fingerprint density at radius 2 is 2.38 bits per heavy atom. The molecule has 2 aromatic rings. The molecule has 4 heteroatoms. The van der Waals surface area contributed by atoms with Gasteiger partial charge in [0.1, 0.15) is 10.8 Å². The van der Waals surface area contributed by atoms with Gasteiger partial charge in [0.2, 0.25) is 0 Å². The summed E-state index contributed by atoms with van der Waals surface area (Å²) in [6, 6.07) is 4.79. The van der Waals surface area contributed by atoms with E-state index in [9.17, 15) is 4.39 Å². The molecule has 1 unspecified atom stereocenters. The minimum absolute atomic E-state index is 0.0137. The molecular formula is C12H13FN2S. The molecule has 1 aromatic heterocycles. The van der Waals surface area contributed by atoms with Gasteiger partial charge in [0.05, 0.1) is 15.8 Å². The Hall–Kier alpha value is -1.00. The van der Waals surface area contributed by atoms with Crippen LogP contribution in [-0.4, -0.2) is 11.5 Å². The fourth-order valence-corrected chi connectivity index (χ4v) is 3.35. The predicted octanol–water partition coefficient (Wildman–Crippen LogP) is 3.03. The second-order valence-electron chi connectivity index (χ2n) is 4.49. The first-order valence-corrected chi connectivity index (χ1v) is 6.31. The van der Waals surface area contributed by atoms with E-state index < -0.39 is 0 Å². The molecule has 2 nitrogen and oxygen atoms in total. The van der Waals surface area contributed by atoms with E-state index >= 15 is 0 Å². The van der Waals surface area contributed by atoms with Crippen LogP contribution in [0.1, 0.15) is 24.8 Å². The fraction of sp³-hybridized carbons (Fsp3) is 0.417. The molecule has 0 radical (unpaired) electrons. The van der Waals surface area contributed by atoms with E-state index in [4.69, 9.17) is 0 Å². The highest BCUT2D eigenvalue weighted by molar-refractivity contribution is 7.18. The number of fused-ring (bicyclic) bond motifs is 1. The standard InChI is InChI=1S/C12H13FN2S/c1-12(5-2-6-14-12)11-15-9-4-3-8(13)7-10(9)16-11/h3-4,7,14H,2,5-6H2,1H3. The van der Waals surface area contributed by atoms with Gasteiger partial charge in [-0.25, -0.2) is 9.37 Å². The molecular weight excluding hydrogens is 223 g/mol. The average molecular weight is 236 g/mol. The number of benzene rings is 1. The van der Waals surface area contributed by atoms with Crippen molar-refractivity contribution in [1.29, 1.82) is 0 Å². The van der Waals surface area contributed by atoms with E-state index in [1.54, 1.807) is 23.5 Å². The Kier molecular flexibility index (Phi) is 2.23. The largest absolute Gasteiger partial charge is 0.306 e. The Balaban J connectivity index is 2.11. The van der Waals surface area contributed by atoms with Gasteiger partial charge in [0.15, 0.2) is 0 Å². The zero-order valence-electron chi connectivity index (χ0n) is 9.09. The van der Waals surface area contributed by atoms with Gasteiger partial charge < -0.3 is 5.32 Å². The van der Waals surface area contributed by atoms with Gasteiger partial charge in [0.25, 0.3) is 0 Å². The highest BCUT2D eigenvalue weighted by atomic mass is 32.1. The summed E-state index contributed by atoms with van der Waals surface area (Å²) in [6.45, 7) is 3.22. The minimum atomic E-state index is -0.188. The van der Waals surface area contributed by atoms with Crippen LogP contribution in [0.25, 0.3) is 10.2 Å². The van der Waals surface area contributed by atoms with Crippen molar-refractivity contribution in [3.8, 4) is 0 Å². The van der Waals surface area contributed by atoms with Gasteiger partial charge in [-0.3, -0.25) is 0 Å². The van der Waals surface area contributed by atoms with Crippen molar-refractivity contribution < 1.29 is 4.39 Å². The molecule has 0 spiro atoms. The van der Waals surface area contributed by atoms with Crippen LogP contribution in [0.4, 0.5) is 4.39 Å². The molecule has 1 aliphatic rings. The lowest BCUT2D eigenvalue weighted by atomic mass is 10.0. The molecule has 0 amide bonds. The Morgan fingerprint density at radius 1 is 1.50 bits per heavy atom. The number of halogens is 1. The van der Waals surface area contributed by atoms with Crippen LogP contribution in [0.5, 0.6) is 0 Å². The third-order valence-corrected chi connectivity index (χ3v) is 4.47. The van der Waals surface area contributed by atoms with Crippen LogP contribution in [-0.2, 0) is 5.54 Å². The van der Waals surface area contributed by atoms with Gasteiger partial charge in [-0.2, -0.15) is 0 Å². The summed E-state index contributed by atoms with van der Waals surface area (Å²) in [4.78, 5) is 4.60. The van der Waals surface area contributed by atoms with E-state index in [2.05, 4.69) is 17.2 Å². The molecule has 16 heavy (non-hydrogen) atoms. The highest BCUT2D eigenvalue weighted by Gasteiger charge is 2.33. The smallest absolute Gasteiger partial charge is 0.124 e. The number of nitrogens with zero attached hydrogens (tertiary/aromatic N) is 1. The molecule has 84 valence electrons. The van der Waals surface area contributed by atoms with Crippen LogP contribution in [0.2, 0.25) is 0 Å². The van der Waals surface area contributed by atoms with Crippen molar-refractivity contribution in [2.75, 3.05) is 6.54 Å². The highest BCUT2D eigenvalue weighted by Crippen LogP contribution is 2.35.